The highest BCUT2D eigenvalue weighted by molar-refractivity contribution is 7.09. The largest absolute Gasteiger partial charge is 0.450 e. The van der Waals surface area contributed by atoms with E-state index in [1.165, 1.54) is 11.3 Å². The van der Waals surface area contributed by atoms with E-state index < -0.39 is 6.09 Å². The molecule has 1 aromatic heterocycles. The molecule has 2 N–H and O–H groups in total. The number of ether oxygens (including phenoxy) is 1. The average Bonchev–Trinajstić information content (AvgIpc) is 3.03. The summed E-state index contributed by atoms with van der Waals surface area (Å²) < 4.78 is 4.98. The van der Waals surface area contributed by atoms with Gasteiger partial charge in [-0.25, -0.2) is 9.78 Å². The van der Waals surface area contributed by atoms with Gasteiger partial charge in [-0.15, -0.1) is 11.3 Å². The van der Waals surface area contributed by atoms with Crippen molar-refractivity contribution in [3.8, 4) is 0 Å². The molecule has 1 aromatic carbocycles. The summed E-state index contributed by atoms with van der Waals surface area (Å²) in [5.74, 6) is -0.0890. The van der Waals surface area contributed by atoms with Crippen LogP contribution in [0.3, 0.4) is 0 Å². The van der Waals surface area contributed by atoms with Crippen molar-refractivity contribution in [1.82, 2.24) is 15.6 Å². The monoisotopic (exact) mass is 347 g/mol. The van der Waals surface area contributed by atoms with Crippen molar-refractivity contribution in [3.63, 3.8) is 0 Å². The van der Waals surface area contributed by atoms with Gasteiger partial charge in [-0.1, -0.05) is 30.3 Å². The van der Waals surface area contributed by atoms with Crippen LogP contribution in [0.4, 0.5) is 4.79 Å². The smallest absolute Gasteiger partial charge is 0.407 e. The van der Waals surface area contributed by atoms with Gasteiger partial charge in [0.05, 0.1) is 24.8 Å². The number of nitrogens with one attached hydrogen (secondary N) is 2. The maximum atomic E-state index is 11.8. The van der Waals surface area contributed by atoms with Crippen molar-refractivity contribution in [2.24, 2.45) is 0 Å². The maximum Gasteiger partial charge on any atom is 0.407 e. The van der Waals surface area contributed by atoms with Gasteiger partial charge in [-0.2, -0.15) is 0 Å². The Morgan fingerprint density at radius 2 is 2.04 bits per heavy atom. The summed E-state index contributed by atoms with van der Waals surface area (Å²) in [4.78, 5) is 27.8. The predicted octanol–water partition coefficient (Wildman–Crippen LogP) is 2.46. The Bertz CT molecular complexity index is 673. The van der Waals surface area contributed by atoms with E-state index in [-0.39, 0.29) is 18.4 Å². The van der Waals surface area contributed by atoms with Crippen LogP contribution < -0.4 is 10.6 Å². The molecular formula is C17H21N3O3S. The minimum Gasteiger partial charge on any atom is -0.450 e. The summed E-state index contributed by atoms with van der Waals surface area (Å²) in [7, 11) is 1.59. The van der Waals surface area contributed by atoms with Crippen LogP contribution in [0.25, 0.3) is 0 Å². The van der Waals surface area contributed by atoms with Crippen LogP contribution in [-0.2, 0) is 22.4 Å². The molecule has 0 saturated heterocycles. The number of thiazole rings is 1. The maximum absolute atomic E-state index is 11.8. The lowest BCUT2D eigenvalue weighted by Gasteiger charge is -2.16. The number of hydrogen-bond donors (Lipinski definition) is 2. The Balaban J connectivity index is 2.15. The van der Waals surface area contributed by atoms with E-state index in [0.717, 1.165) is 11.3 Å². The van der Waals surface area contributed by atoms with Crippen LogP contribution in [0.15, 0.2) is 35.7 Å². The van der Waals surface area contributed by atoms with Crippen LogP contribution in [0, 0.1) is 0 Å². The highest BCUT2D eigenvalue weighted by Gasteiger charge is 2.19. The van der Waals surface area contributed by atoms with Gasteiger partial charge in [0.15, 0.2) is 0 Å². The Hall–Kier alpha value is -2.41. The molecule has 7 heteroatoms. The molecule has 0 saturated carbocycles. The Morgan fingerprint density at radius 3 is 2.71 bits per heavy atom. The minimum atomic E-state index is -0.473. The predicted molar refractivity (Wildman–Crippen MR) is 92.9 cm³/mol. The van der Waals surface area contributed by atoms with Crippen LogP contribution in [-0.4, -0.2) is 30.6 Å². The van der Waals surface area contributed by atoms with Crippen molar-refractivity contribution in [1.29, 1.82) is 0 Å². The normalized spacial score (nSPS) is 11.6. The van der Waals surface area contributed by atoms with Crippen LogP contribution in [0.1, 0.15) is 29.2 Å². The molecule has 2 rings (SSSR count). The molecule has 0 spiro atoms. The quantitative estimate of drug-likeness (QED) is 0.806. The number of carbonyl (C=O) groups excluding carboxylic acids is 2. The van der Waals surface area contributed by atoms with Crippen LogP contribution in [0.5, 0.6) is 0 Å². The van der Waals surface area contributed by atoms with Crippen molar-refractivity contribution in [2.75, 3.05) is 13.7 Å². The first-order chi connectivity index (χ1) is 11.6. The molecule has 0 radical (unpaired) electrons. The zero-order valence-electron chi connectivity index (χ0n) is 13.7. The Kier molecular flexibility index (Phi) is 6.74. The lowest BCUT2D eigenvalue weighted by molar-refractivity contribution is -0.119. The minimum absolute atomic E-state index is 0.0890. The Labute approximate surface area is 145 Å². The molecule has 1 heterocycles. The molecule has 0 fully saturated rings. The molecular weight excluding hydrogens is 326 g/mol. The van der Waals surface area contributed by atoms with Gasteiger partial charge in [0.25, 0.3) is 0 Å². The fourth-order valence-electron chi connectivity index (χ4n) is 2.19. The van der Waals surface area contributed by atoms with Gasteiger partial charge in [-0.05, 0) is 18.9 Å². The molecule has 0 aliphatic carbocycles. The van der Waals surface area contributed by atoms with E-state index in [1.807, 2.05) is 35.7 Å². The second-order valence-corrected chi connectivity index (χ2v) is 6.07. The molecule has 0 bridgehead atoms. The van der Waals surface area contributed by atoms with E-state index in [4.69, 9.17) is 4.74 Å². The summed E-state index contributed by atoms with van der Waals surface area (Å²) in [5, 5.41) is 8.01. The Morgan fingerprint density at radius 1 is 1.29 bits per heavy atom. The third-order valence-electron chi connectivity index (χ3n) is 3.37. The van der Waals surface area contributed by atoms with Gasteiger partial charge in [0.2, 0.25) is 5.91 Å². The highest BCUT2D eigenvalue weighted by Crippen LogP contribution is 2.21. The van der Waals surface area contributed by atoms with Crippen molar-refractivity contribution >= 4 is 23.3 Å². The molecule has 128 valence electrons. The van der Waals surface area contributed by atoms with Crippen molar-refractivity contribution < 1.29 is 14.3 Å². The number of rotatable bonds is 7. The van der Waals surface area contributed by atoms with Gasteiger partial charge in [0, 0.05) is 12.4 Å². The second kappa shape index (κ2) is 9.02. The number of alkyl carbamates (subject to hydrolysis) is 1. The van der Waals surface area contributed by atoms with Crippen LogP contribution in [0.2, 0.25) is 0 Å². The lowest BCUT2D eigenvalue weighted by Crippen LogP contribution is -2.30. The molecule has 0 aliphatic heterocycles. The fourth-order valence-corrected chi connectivity index (χ4v) is 3.03. The van der Waals surface area contributed by atoms with Crippen molar-refractivity contribution in [2.45, 2.75) is 25.8 Å². The molecule has 2 aromatic rings. The summed E-state index contributed by atoms with van der Waals surface area (Å²) in [6.07, 6.45) is 0.362. The van der Waals surface area contributed by atoms with Crippen LogP contribution >= 0.6 is 11.3 Å². The second-order valence-electron chi connectivity index (χ2n) is 5.12. The molecule has 1 atom stereocenters. The third-order valence-corrected chi connectivity index (χ3v) is 4.23. The molecule has 0 unspecified atom stereocenters. The molecule has 0 aliphatic rings. The number of hydrogen-bond acceptors (Lipinski definition) is 5. The number of likely N-dealkylation sites (N-methyl/N-ethyl adjacent to an activating group) is 1. The first kappa shape index (κ1) is 17.9. The van der Waals surface area contributed by atoms with E-state index in [9.17, 15) is 9.59 Å². The highest BCUT2D eigenvalue weighted by atomic mass is 32.1. The van der Waals surface area contributed by atoms with Gasteiger partial charge in [0.1, 0.15) is 5.01 Å². The van der Waals surface area contributed by atoms with E-state index >= 15 is 0 Å². The number of aromatic nitrogens is 1. The molecule has 2 amide bonds. The number of amides is 2. The molecule has 24 heavy (non-hydrogen) atoms. The number of benzene rings is 1. The van der Waals surface area contributed by atoms with E-state index in [1.54, 1.807) is 14.0 Å². The fraction of sp³-hybridized carbons (Fsp3) is 0.353. The number of nitrogens with zero attached hydrogens (tertiary/aromatic N) is 1. The van der Waals surface area contributed by atoms with E-state index in [0.29, 0.717) is 18.0 Å². The SMILES string of the molecule is CCOC(=O)N[C@H](Cc1ccccc1)c1csc(CC(=O)NC)n1. The van der Waals surface area contributed by atoms with E-state index in [2.05, 4.69) is 15.6 Å². The first-order valence-corrected chi connectivity index (χ1v) is 8.62. The summed E-state index contributed by atoms with van der Waals surface area (Å²) in [6.45, 7) is 2.07. The summed E-state index contributed by atoms with van der Waals surface area (Å²) >= 11 is 1.41. The summed E-state index contributed by atoms with van der Waals surface area (Å²) in [5.41, 5.74) is 1.82. The standard InChI is InChI=1S/C17H21N3O3S/c1-3-23-17(22)20-13(9-12-7-5-4-6-8-12)14-11-24-16(19-14)10-15(21)18-2/h4-8,11,13H,3,9-10H2,1-2H3,(H,18,21)(H,20,22)/t13-/m1/s1. The third kappa shape index (κ3) is 5.34. The van der Waals surface area contributed by atoms with Gasteiger partial charge < -0.3 is 15.4 Å². The first-order valence-electron chi connectivity index (χ1n) is 7.74. The zero-order chi connectivity index (χ0) is 17.4. The van der Waals surface area contributed by atoms with Gasteiger partial charge in [-0.3, -0.25) is 4.79 Å². The number of carbonyl (C=O) groups is 2. The van der Waals surface area contributed by atoms with Gasteiger partial charge >= 0.3 is 6.09 Å². The van der Waals surface area contributed by atoms with Crippen molar-refractivity contribution in [3.05, 3.63) is 52.0 Å². The average molecular weight is 347 g/mol. The molecule has 6 nitrogen and oxygen atoms in total. The zero-order valence-corrected chi connectivity index (χ0v) is 14.6. The summed E-state index contributed by atoms with van der Waals surface area (Å²) in [6, 6.07) is 9.54. The topological polar surface area (TPSA) is 80.3 Å². The lowest BCUT2D eigenvalue weighted by atomic mass is 10.0.